The molecule has 4 nitrogen and oxygen atoms in total. The Morgan fingerprint density at radius 2 is 1.19 bits per heavy atom. The Hall–Kier alpha value is -2.06. The highest BCUT2D eigenvalue weighted by Gasteiger charge is 2.23. The minimum absolute atomic E-state index is 0.0353. The molecule has 1 unspecified atom stereocenters. The summed E-state index contributed by atoms with van der Waals surface area (Å²) in [5.41, 5.74) is 4.26. The third-order valence-electron chi connectivity index (χ3n) is 6.18. The highest BCUT2D eigenvalue weighted by Crippen LogP contribution is 2.37. The molecule has 0 amide bonds. The Morgan fingerprint density at radius 1 is 0.750 bits per heavy atom. The molecule has 200 valence electrons. The maximum atomic E-state index is 13.7. The minimum Gasteiger partial charge on any atom is -0.493 e. The van der Waals surface area contributed by atoms with Crippen molar-refractivity contribution in [3.8, 4) is 17.2 Å². The number of aryl methyl sites for hydroxylation is 2. The second kappa shape index (κ2) is 14.6. The third-order valence-corrected chi connectivity index (χ3v) is 7.40. The fourth-order valence-electron chi connectivity index (χ4n) is 3.92. The Balaban J connectivity index is 2.48. The van der Waals surface area contributed by atoms with E-state index in [9.17, 15) is 4.79 Å². The van der Waals surface area contributed by atoms with Gasteiger partial charge in [-0.05, 0) is 63.8 Å². The first-order valence-corrected chi connectivity index (χ1v) is 14.6. The van der Waals surface area contributed by atoms with Crippen LogP contribution in [0.1, 0.15) is 107 Å². The van der Waals surface area contributed by atoms with E-state index in [0.29, 0.717) is 31.3 Å². The van der Waals surface area contributed by atoms with Gasteiger partial charge in [0.2, 0.25) is 0 Å². The zero-order valence-corrected chi connectivity index (χ0v) is 24.8. The molecule has 1 atom stereocenters. The summed E-state index contributed by atoms with van der Waals surface area (Å²) in [7, 11) is -0.0923. The normalized spacial score (nSPS) is 11.8. The first-order chi connectivity index (χ1) is 17.1. The predicted octanol–water partition coefficient (Wildman–Crippen LogP) is 8.28. The highest BCUT2D eigenvalue weighted by molar-refractivity contribution is 7.66. The third kappa shape index (κ3) is 8.80. The van der Waals surface area contributed by atoms with Gasteiger partial charge in [-0.15, -0.1) is 0 Å². The van der Waals surface area contributed by atoms with Crippen LogP contribution < -0.4 is 19.5 Å². The molecule has 0 saturated carbocycles. The van der Waals surface area contributed by atoms with Gasteiger partial charge in [0.25, 0.3) is 0 Å². The minimum atomic E-state index is -0.0923. The lowest BCUT2D eigenvalue weighted by Crippen LogP contribution is -2.16. The van der Waals surface area contributed by atoms with Crippen molar-refractivity contribution in [1.82, 2.24) is 0 Å². The molecule has 0 aromatic heterocycles. The second-order valence-corrected chi connectivity index (χ2v) is 11.8. The van der Waals surface area contributed by atoms with E-state index in [1.54, 1.807) is 0 Å². The van der Waals surface area contributed by atoms with Crippen molar-refractivity contribution < 1.29 is 19.0 Å². The van der Waals surface area contributed by atoms with Gasteiger partial charge in [0, 0.05) is 17.7 Å². The molecule has 0 aliphatic carbocycles. The molecular weight excluding hydrogens is 467 g/mol. The molecule has 0 aliphatic rings. The Bertz CT molecular complexity index is 937. The highest BCUT2D eigenvalue weighted by atomic mass is 31.1. The van der Waals surface area contributed by atoms with Crippen LogP contribution in [-0.4, -0.2) is 25.3 Å². The summed E-state index contributed by atoms with van der Waals surface area (Å²) < 4.78 is 18.5. The van der Waals surface area contributed by atoms with E-state index in [4.69, 9.17) is 14.2 Å². The van der Waals surface area contributed by atoms with Crippen molar-refractivity contribution in [3.05, 3.63) is 46.5 Å². The standard InChI is InChI=1S/C31H47O4P/c1-9-12-15-33-25-20-26(34-16-13-10-2)29(27(21-25)35-17-14-11-3)36-30(32)28-22(4)18-24(19-23(28)5)31(6,7)8/h18-21,36H,9-17H2,1-8H3. The number of benzene rings is 2. The summed E-state index contributed by atoms with van der Waals surface area (Å²) in [6.45, 7) is 19.0. The van der Waals surface area contributed by atoms with Crippen LogP contribution in [0.5, 0.6) is 17.2 Å². The van der Waals surface area contributed by atoms with Crippen LogP contribution in [0.4, 0.5) is 0 Å². The molecule has 0 heterocycles. The van der Waals surface area contributed by atoms with Crippen LogP contribution in [0.3, 0.4) is 0 Å². The van der Waals surface area contributed by atoms with Crippen LogP contribution in [0.2, 0.25) is 0 Å². The molecule has 0 bridgehead atoms. The molecular formula is C31H47O4P. The lowest BCUT2D eigenvalue weighted by Gasteiger charge is -2.22. The second-order valence-electron chi connectivity index (χ2n) is 10.6. The van der Waals surface area contributed by atoms with Gasteiger partial charge in [0.15, 0.2) is 5.52 Å². The summed E-state index contributed by atoms with van der Waals surface area (Å²) in [5.74, 6) is 2.15. The molecule has 5 heteroatoms. The zero-order chi connectivity index (χ0) is 26.7. The average molecular weight is 515 g/mol. The van der Waals surface area contributed by atoms with Crippen molar-refractivity contribution in [2.45, 2.75) is 99.3 Å². The van der Waals surface area contributed by atoms with Crippen molar-refractivity contribution >= 4 is 19.4 Å². The van der Waals surface area contributed by atoms with Gasteiger partial charge in [-0.1, -0.05) is 72.9 Å². The molecule has 0 saturated heterocycles. The number of hydrogen-bond donors (Lipinski definition) is 0. The van der Waals surface area contributed by atoms with Crippen LogP contribution in [0.25, 0.3) is 0 Å². The number of rotatable bonds is 15. The SMILES string of the molecule is CCCCOc1cc(OCCCC)c(PC(=O)c2c(C)cc(C(C)(C)C)cc2C)c(OCCCC)c1. The largest absolute Gasteiger partial charge is 0.493 e. The molecule has 0 aliphatic heterocycles. The molecule has 0 radical (unpaired) electrons. The van der Waals surface area contributed by atoms with E-state index < -0.39 is 0 Å². The van der Waals surface area contributed by atoms with Crippen LogP contribution in [0.15, 0.2) is 24.3 Å². The van der Waals surface area contributed by atoms with Gasteiger partial charge in [0.05, 0.1) is 25.1 Å². The van der Waals surface area contributed by atoms with E-state index in [1.165, 1.54) is 5.56 Å². The molecule has 36 heavy (non-hydrogen) atoms. The van der Waals surface area contributed by atoms with Gasteiger partial charge < -0.3 is 14.2 Å². The zero-order valence-electron chi connectivity index (χ0n) is 23.8. The van der Waals surface area contributed by atoms with Gasteiger partial charge >= 0.3 is 0 Å². The first-order valence-electron chi connectivity index (χ1n) is 13.6. The summed E-state index contributed by atoms with van der Waals surface area (Å²) in [4.78, 5) is 13.7. The lowest BCUT2D eigenvalue weighted by atomic mass is 9.84. The molecule has 2 aromatic rings. The Morgan fingerprint density at radius 3 is 1.61 bits per heavy atom. The summed E-state index contributed by atoms with van der Waals surface area (Å²) in [5, 5.41) is 0.841. The van der Waals surface area contributed by atoms with Crippen molar-refractivity contribution in [2.75, 3.05) is 19.8 Å². The Kier molecular flexibility index (Phi) is 12.3. The van der Waals surface area contributed by atoms with E-state index in [2.05, 4.69) is 53.7 Å². The molecule has 0 N–H and O–H groups in total. The van der Waals surface area contributed by atoms with Gasteiger partial charge in [-0.3, -0.25) is 4.79 Å². The summed E-state index contributed by atoms with van der Waals surface area (Å²) >= 11 is 0. The van der Waals surface area contributed by atoms with Gasteiger partial charge in [-0.25, -0.2) is 0 Å². The first kappa shape index (κ1) is 30.2. The molecule has 2 rings (SSSR count). The topological polar surface area (TPSA) is 44.8 Å². The van der Waals surface area contributed by atoms with Crippen LogP contribution in [0, 0.1) is 13.8 Å². The van der Waals surface area contributed by atoms with Gasteiger partial charge in [-0.2, -0.15) is 0 Å². The van der Waals surface area contributed by atoms with Crippen molar-refractivity contribution in [1.29, 1.82) is 0 Å². The average Bonchev–Trinajstić information content (AvgIpc) is 2.80. The molecule has 0 spiro atoms. The van der Waals surface area contributed by atoms with Crippen LogP contribution >= 0.6 is 8.58 Å². The maximum absolute atomic E-state index is 13.7. The number of ether oxygens (including phenoxy) is 3. The smallest absolute Gasteiger partial charge is 0.186 e. The van der Waals surface area contributed by atoms with E-state index in [-0.39, 0.29) is 19.5 Å². The fraction of sp³-hybridized carbons (Fsp3) is 0.581. The van der Waals surface area contributed by atoms with E-state index in [0.717, 1.165) is 66.3 Å². The number of carbonyl (C=O) groups excluding carboxylic acids is 1. The Labute approximate surface area is 221 Å². The predicted molar refractivity (Wildman–Crippen MR) is 155 cm³/mol. The number of unbranched alkanes of at least 4 members (excludes halogenated alkanes) is 3. The lowest BCUT2D eigenvalue weighted by molar-refractivity contribution is 0.108. The number of hydrogen-bond acceptors (Lipinski definition) is 4. The summed E-state index contributed by atoms with van der Waals surface area (Å²) in [6.07, 6.45) is 6.05. The van der Waals surface area contributed by atoms with E-state index in [1.807, 2.05) is 26.0 Å². The van der Waals surface area contributed by atoms with Gasteiger partial charge in [0.1, 0.15) is 17.2 Å². The maximum Gasteiger partial charge on any atom is 0.186 e. The monoisotopic (exact) mass is 514 g/mol. The van der Waals surface area contributed by atoms with Crippen LogP contribution in [-0.2, 0) is 5.41 Å². The fourth-order valence-corrected chi connectivity index (χ4v) is 5.20. The molecule has 2 aromatic carbocycles. The van der Waals surface area contributed by atoms with E-state index >= 15 is 0 Å². The summed E-state index contributed by atoms with van der Waals surface area (Å²) in [6, 6.07) is 8.20. The van der Waals surface area contributed by atoms with Crippen molar-refractivity contribution in [3.63, 3.8) is 0 Å². The molecule has 0 fully saturated rings. The van der Waals surface area contributed by atoms with Crippen molar-refractivity contribution in [2.24, 2.45) is 0 Å². The quantitative estimate of drug-likeness (QED) is 0.177. The number of carbonyl (C=O) groups is 1.